The van der Waals surface area contributed by atoms with Crippen LogP contribution in [0.25, 0.3) is 10.9 Å². The molecule has 0 aliphatic rings. The van der Waals surface area contributed by atoms with E-state index in [0.717, 1.165) is 39.9 Å². The predicted molar refractivity (Wildman–Crippen MR) is 136 cm³/mol. The van der Waals surface area contributed by atoms with Gasteiger partial charge in [0.05, 0.1) is 21.5 Å². The van der Waals surface area contributed by atoms with Gasteiger partial charge < -0.3 is 5.11 Å². The lowest BCUT2D eigenvalue weighted by atomic mass is 9.87. The average molecular weight is 568 g/mol. The summed E-state index contributed by atoms with van der Waals surface area (Å²) >= 11 is 6.15. The summed E-state index contributed by atoms with van der Waals surface area (Å²) in [5.74, 6) is -2.63. The maximum Gasteiger partial charge on any atom is 0.416 e. The molecule has 0 saturated carbocycles. The van der Waals surface area contributed by atoms with Gasteiger partial charge in [-0.3, -0.25) is 0 Å². The first kappa shape index (κ1) is 27.7. The van der Waals surface area contributed by atoms with Crippen LogP contribution in [0.4, 0.5) is 17.6 Å². The molecule has 1 N–H and O–H groups in total. The molecule has 0 unspecified atom stereocenters. The van der Waals surface area contributed by atoms with Crippen LogP contribution in [0.3, 0.4) is 0 Å². The summed E-state index contributed by atoms with van der Waals surface area (Å²) in [7, 11) is -4.35. The largest absolute Gasteiger partial charge is 0.478 e. The Morgan fingerprint density at radius 1 is 0.974 bits per heavy atom. The maximum atomic E-state index is 14.1. The molecule has 1 heterocycles. The number of halogens is 5. The summed E-state index contributed by atoms with van der Waals surface area (Å²) in [6.45, 7) is 5.72. The molecule has 0 saturated heterocycles. The predicted octanol–water partition coefficient (Wildman–Crippen LogP) is 7.28. The third-order valence-electron chi connectivity index (χ3n) is 6.13. The van der Waals surface area contributed by atoms with Crippen molar-refractivity contribution in [1.29, 1.82) is 0 Å². The molecular formula is C27H22ClF4NO4S. The highest BCUT2D eigenvalue weighted by atomic mass is 35.5. The van der Waals surface area contributed by atoms with Gasteiger partial charge in [0.2, 0.25) is 0 Å². The van der Waals surface area contributed by atoms with Crippen molar-refractivity contribution in [2.45, 2.75) is 43.7 Å². The number of hydrogen-bond donors (Lipinski definition) is 1. The van der Waals surface area contributed by atoms with E-state index in [9.17, 15) is 35.9 Å². The lowest BCUT2D eigenvalue weighted by Gasteiger charge is -2.20. The van der Waals surface area contributed by atoms with E-state index in [1.54, 1.807) is 12.1 Å². The van der Waals surface area contributed by atoms with E-state index in [1.807, 2.05) is 20.8 Å². The van der Waals surface area contributed by atoms with Crippen molar-refractivity contribution >= 4 is 38.5 Å². The molecule has 0 radical (unpaired) electrons. The molecule has 0 amide bonds. The first-order valence-corrected chi connectivity index (χ1v) is 13.1. The smallest absolute Gasteiger partial charge is 0.416 e. The highest BCUT2D eigenvalue weighted by Crippen LogP contribution is 2.35. The van der Waals surface area contributed by atoms with Gasteiger partial charge in [-0.25, -0.2) is 21.6 Å². The van der Waals surface area contributed by atoms with Crippen molar-refractivity contribution in [3.05, 3.63) is 99.5 Å². The van der Waals surface area contributed by atoms with Crippen molar-refractivity contribution in [3.8, 4) is 0 Å². The highest BCUT2D eigenvalue weighted by Gasteiger charge is 2.32. The number of carboxylic acid groups (broad SMARTS) is 1. The third-order valence-corrected chi connectivity index (χ3v) is 8.25. The molecule has 38 heavy (non-hydrogen) atoms. The molecule has 4 rings (SSSR count). The van der Waals surface area contributed by atoms with Gasteiger partial charge in [0, 0.05) is 22.5 Å². The summed E-state index contributed by atoms with van der Waals surface area (Å²) in [4.78, 5) is 11.4. The topological polar surface area (TPSA) is 76.4 Å². The molecule has 4 aromatic rings. The quantitative estimate of drug-likeness (QED) is 0.257. The van der Waals surface area contributed by atoms with Gasteiger partial charge in [0.25, 0.3) is 10.0 Å². The number of aromatic nitrogens is 1. The lowest BCUT2D eigenvalue weighted by Crippen LogP contribution is -2.18. The van der Waals surface area contributed by atoms with Crippen molar-refractivity contribution in [2.75, 3.05) is 0 Å². The number of alkyl halides is 3. The van der Waals surface area contributed by atoms with Gasteiger partial charge >= 0.3 is 12.1 Å². The number of carboxylic acids is 1. The molecule has 1 aromatic heterocycles. The molecule has 0 aliphatic heterocycles. The van der Waals surface area contributed by atoms with Crippen LogP contribution in [0.5, 0.6) is 0 Å². The number of benzene rings is 3. The van der Waals surface area contributed by atoms with Crippen molar-refractivity contribution in [2.24, 2.45) is 0 Å². The SMILES string of the molecule is CC(C)(C)c1cccc(S(=O)(=O)n2c(Cc3cc(C(=O)O)c(F)cc3Cl)cc3cc(C(F)(F)F)ccc32)c1. The second-order valence-corrected chi connectivity index (χ2v) is 12.1. The van der Waals surface area contributed by atoms with Gasteiger partial charge in [-0.1, -0.05) is 44.5 Å². The van der Waals surface area contributed by atoms with E-state index >= 15 is 0 Å². The Kier molecular flexibility index (Phi) is 6.86. The molecule has 5 nitrogen and oxygen atoms in total. The van der Waals surface area contributed by atoms with Crippen molar-refractivity contribution < 1.29 is 35.9 Å². The standard InChI is InChI=1S/C27H22ClF4NO4S/c1-26(2,3)17-5-4-6-20(13-17)38(36,37)33-19(10-15-12-21(25(34)35)23(29)14-22(15)28)11-16-9-18(27(30,31)32)7-8-24(16)33/h4-9,11-14H,10H2,1-3H3,(H,34,35). The van der Waals surface area contributed by atoms with E-state index < -0.39 is 39.1 Å². The van der Waals surface area contributed by atoms with E-state index in [2.05, 4.69) is 0 Å². The van der Waals surface area contributed by atoms with Crippen LogP contribution in [-0.2, 0) is 28.0 Å². The molecule has 0 aliphatic carbocycles. The number of carbonyl (C=O) groups is 1. The fourth-order valence-corrected chi connectivity index (χ4v) is 5.95. The molecule has 3 aromatic carbocycles. The minimum absolute atomic E-state index is 0.00191. The average Bonchev–Trinajstić information content (AvgIpc) is 3.17. The molecule has 0 bridgehead atoms. The van der Waals surface area contributed by atoms with Gasteiger partial charge in [0.15, 0.2) is 0 Å². The summed E-state index contributed by atoms with van der Waals surface area (Å²) in [6.07, 6.45) is -4.96. The highest BCUT2D eigenvalue weighted by molar-refractivity contribution is 7.90. The number of nitrogens with zero attached hydrogens (tertiary/aromatic N) is 1. The number of fused-ring (bicyclic) bond motifs is 1. The van der Waals surface area contributed by atoms with Crippen LogP contribution < -0.4 is 0 Å². The summed E-state index contributed by atoms with van der Waals surface area (Å²) in [5, 5.41) is 9.14. The second kappa shape index (κ2) is 9.43. The zero-order valence-electron chi connectivity index (χ0n) is 20.4. The fourth-order valence-electron chi connectivity index (χ4n) is 4.15. The minimum Gasteiger partial charge on any atom is -0.478 e. The van der Waals surface area contributed by atoms with E-state index in [-0.39, 0.29) is 43.9 Å². The Morgan fingerprint density at radius 3 is 2.26 bits per heavy atom. The fraction of sp³-hybridized carbons (Fsp3) is 0.222. The zero-order chi connectivity index (χ0) is 28.2. The summed E-state index contributed by atoms with van der Waals surface area (Å²) in [5.41, 5.74) is -1.20. The first-order chi connectivity index (χ1) is 17.5. The van der Waals surface area contributed by atoms with E-state index in [0.29, 0.717) is 0 Å². The Labute approximate surface area is 221 Å². The van der Waals surface area contributed by atoms with E-state index in [1.165, 1.54) is 18.2 Å². The van der Waals surface area contributed by atoms with Gasteiger partial charge in [0.1, 0.15) is 5.82 Å². The Bertz CT molecular complexity index is 1690. The van der Waals surface area contributed by atoms with Crippen molar-refractivity contribution in [1.82, 2.24) is 3.97 Å². The molecule has 0 spiro atoms. The van der Waals surface area contributed by atoms with E-state index in [4.69, 9.17) is 11.6 Å². The van der Waals surface area contributed by atoms with Gasteiger partial charge in [-0.05, 0) is 65.1 Å². The van der Waals surface area contributed by atoms with Crippen molar-refractivity contribution in [3.63, 3.8) is 0 Å². The molecule has 200 valence electrons. The summed E-state index contributed by atoms with van der Waals surface area (Å²) < 4.78 is 83.1. The molecule has 0 fully saturated rings. The van der Waals surface area contributed by atoms with Gasteiger partial charge in [-0.2, -0.15) is 13.2 Å². The monoisotopic (exact) mass is 567 g/mol. The van der Waals surface area contributed by atoms with Crippen LogP contribution in [0.15, 0.2) is 65.6 Å². The Balaban J connectivity index is 1.98. The van der Waals surface area contributed by atoms with Crippen LogP contribution in [-0.4, -0.2) is 23.5 Å². The number of rotatable bonds is 5. The van der Waals surface area contributed by atoms with Crippen LogP contribution >= 0.6 is 11.6 Å². The third kappa shape index (κ3) is 5.15. The zero-order valence-corrected chi connectivity index (χ0v) is 22.0. The molecular weight excluding hydrogens is 546 g/mol. The Morgan fingerprint density at radius 2 is 1.66 bits per heavy atom. The Hall–Kier alpha value is -3.37. The first-order valence-electron chi connectivity index (χ1n) is 11.3. The molecule has 0 atom stereocenters. The second-order valence-electron chi connectivity index (χ2n) is 9.86. The lowest BCUT2D eigenvalue weighted by molar-refractivity contribution is -0.137. The van der Waals surface area contributed by atoms with Gasteiger partial charge in [-0.15, -0.1) is 0 Å². The van der Waals surface area contributed by atoms with Crippen LogP contribution in [0, 0.1) is 5.82 Å². The minimum atomic E-state index is -4.66. The molecule has 11 heteroatoms. The van der Waals surface area contributed by atoms with Crippen LogP contribution in [0.1, 0.15) is 53.5 Å². The number of hydrogen-bond acceptors (Lipinski definition) is 3. The summed E-state index contributed by atoms with van der Waals surface area (Å²) in [6, 6.07) is 12.0. The number of aromatic carboxylic acids is 1. The van der Waals surface area contributed by atoms with Crippen LogP contribution in [0.2, 0.25) is 5.02 Å². The normalized spacial score (nSPS) is 12.7. The maximum absolute atomic E-state index is 14.1.